The smallest absolute Gasteiger partial charge is 0.311 e. The number of nitrogens with one attached hydrogen (secondary N) is 1. The molecule has 1 saturated carbocycles. The summed E-state index contributed by atoms with van der Waals surface area (Å²) in [6.45, 7) is 1.36. The molecule has 0 spiro atoms. The van der Waals surface area contributed by atoms with Gasteiger partial charge in [-0.15, -0.1) is 0 Å². The van der Waals surface area contributed by atoms with E-state index in [1.54, 1.807) is 13.2 Å². The van der Waals surface area contributed by atoms with Gasteiger partial charge in [0.1, 0.15) is 0 Å². The molecule has 6 heteroatoms. The van der Waals surface area contributed by atoms with Crippen LogP contribution < -0.4 is 16.6 Å². The zero-order chi connectivity index (χ0) is 14.9. The first-order valence-electron chi connectivity index (χ1n) is 7.01. The van der Waals surface area contributed by atoms with E-state index in [1.165, 1.54) is 30.9 Å². The number of aromatic nitrogens is 2. The van der Waals surface area contributed by atoms with Crippen molar-refractivity contribution in [2.24, 2.45) is 14.1 Å². The van der Waals surface area contributed by atoms with Crippen LogP contribution in [0.2, 0.25) is 0 Å². The molecule has 0 unspecified atom stereocenters. The zero-order valence-corrected chi connectivity index (χ0v) is 12.8. The molecule has 1 N–H and O–H groups in total. The molecule has 2 rings (SSSR count). The summed E-state index contributed by atoms with van der Waals surface area (Å²) in [6.07, 6.45) is 5.28. The van der Waals surface area contributed by atoms with Gasteiger partial charge in [-0.1, -0.05) is 0 Å². The minimum atomic E-state index is -0.289. The van der Waals surface area contributed by atoms with Gasteiger partial charge in [0.15, 0.2) is 0 Å². The van der Waals surface area contributed by atoms with Crippen LogP contribution in [0.1, 0.15) is 24.8 Å². The highest BCUT2D eigenvalue weighted by Crippen LogP contribution is 2.35. The van der Waals surface area contributed by atoms with Crippen molar-refractivity contribution in [2.45, 2.75) is 31.3 Å². The molecule has 6 nitrogen and oxygen atoms in total. The van der Waals surface area contributed by atoms with Gasteiger partial charge in [-0.3, -0.25) is 9.36 Å². The van der Waals surface area contributed by atoms with Crippen molar-refractivity contribution in [2.75, 3.05) is 20.6 Å². The van der Waals surface area contributed by atoms with Gasteiger partial charge in [-0.25, -0.2) is 4.79 Å². The second-order valence-electron chi connectivity index (χ2n) is 5.99. The average molecular weight is 280 g/mol. The summed E-state index contributed by atoms with van der Waals surface area (Å²) in [6, 6.07) is 0. The van der Waals surface area contributed by atoms with Gasteiger partial charge in [0, 0.05) is 44.5 Å². The molecule has 0 saturated heterocycles. The highest BCUT2D eigenvalue weighted by Gasteiger charge is 2.38. The normalized spacial score (nSPS) is 17.2. The molecular weight excluding hydrogens is 256 g/mol. The standard InChI is InChI=1S/C14H24N4O2/c1-16(2)14(6-5-7-14)10-15-8-11-9-17(3)13(20)18(4)12(11)19/h9,15H,5-8,10H2,1-4H3. The second-order valence-corrected chi connectivity index (χ2v) is 5.99. The van der Waals surface area contributed by atoms with E-state index in [0.717, 1.165) is 11.1 Å². The molecule has 1 aromatic heterocycles. The van der Waals surface area contributed by atoms with Crippen LogP contribution in [0, 0.1) is 0 Å². The van der Waals surface area contributed by atoms with Crippen LogP contribution in [0.3, 0.4) is 0 Å². The zero-order valence-electron chi connectivity index (χ0n) is 12.8. The maximum atomic E-state index is 12.0. The van der Waals surface area contributed by atoms with Crippen molar-refractivity contribution in [1.29, 1.82) is 0 Å². The van der Waals surface area contributed by atoms with E-state index in [4.69, 9.17) is 0 Å². The van der Waals surface area contributed by atoms with E-state index in [9.17, 15) is 9.59 Å². The molecule has 1 aromatic rings. The molecule has 0 aliphatic heterocycles. The summed E-state index contributed by atoms with van der Waals surface area (Å²) in [5.74, 6) is 0. The fourth-order valence-corrected chi connectivity index (χ4v) is 2.80. The molecular formula is C14H24N4O2. The van der Waals surface area contributed by atoms with E-state index in [0.29, 0.717) is 12.1 Å². The highest BCUT2D eigenvalue weighted by molar-refractivity contribution is 5.06. The second kappa shape index (κ2) is 5.54. The molecule has 1 aliphatic rings. The van der Waals surface area contributed by atoms with Gasteiger partial charge in [0.05, 0.1) is 0 Å². The first-order valence-corrected chi connectivity index (χ1v) is 7.01. The topological polar surface area (TPSA) is 59.3 Å². The van der Waals surface area contributed by atoms with Crippen LogP contribution in [0.15, 0.2) is 15.8 Å². The summed E-state index contributed by atoms with van der Waals surface area (Å²) in [5.41, 5.74) is 0.352. The molecule has 0 aromatic carbocycles. The Morgan fingerprint density at radius 1 is 1.30 bits per heavy atom. The molecule has 1 aliphatic carbocycles. The van der Waals surface area contributed by atoms with Crippen molar-refractivity contribution < 1.29 is 0 Å². The number of nitrogens with zero attached hydrogens (tertiary/aromatic N) is 3. The predicted octanol–water partition coefficient (Wildman–Crippen LogP) is -0.342. The van der Waals surface area contributed by atoms with E-state index in [-0.39, 0.29) is 16.8 Å². The third-order valence-electron chi connectivity index (χ3n) is 4.52. The van der Waals surface area contributed by atoms with Gasteiger partial charge in [0.2, 0.25) is 0 Å². The summed E-state index contributed by atoms with van der Waals surface area (Å²) >= 11 is 0. The SMILES string of the molecule is CN(C)C1(CNCc2cn(C)c(=O)n(C)c2=O)CCC1. The molecule has 20 heavy (non-hydrogen) atoms. The fraction of sp³-hybridized carbons (Fsp3) is 0.714. The Kier molecular flexibility index (Phi) is 4.15. The first-order chi connectivity index (χ1) is 9.37. The van der Waals surface area contributed by atoms with Crippen LogP contribution in [-0.4, -0.2) is 40.2 Å². The summed E-state index contributed by atoms with van der Waals surface area (Å²) in [7, 11) is 7.39. The van der Waals surface area contributed by atoms with Crippen molar-refractivity contribution in [1.82, 2.24) is 19.4 Å². The van der Waals surface area contributed by atoms with E-state index < -0.39 is 0 Å². The quantitative estimate of drug-likeness (QED) is 0.801. The third kappa shape index (κ3) is 2.58. The van der Waals surface area contributed by atoms with Crippen LogP contribution in [0.5, 0.6) is 0 Å². The minimum absolute atomic E-state index is 0.215. The number of likely N-dealkylation sites (N-methyl/N-ethyl adjacent to an activating group) is 1. The average Bonchev–Trinajstić information content (AvgIpc) is 2.35. The molecule has 0 atom stereocenters. The van der Waals surface area contributed by atoms with Crippen LogP contribution in [0.4, 0.5) is 0 Å². The Balaban J connectivity index is 2.05. The predicted molar refractivity (Wildman–Crippen MR) is 78.9 cm³/mol. The van der Waals surface area contributed by atoms with E-state index in [2.05, 4.69) is 24.3 Å². The maximum absolute atomic E-state index is 12.0. The highest BCUT2D eigenvalue weighted by atomic mass is 16.2. The van der Waals surface area contributed by atoms with Crippen molar-refractivity contribution in [3.05, 3.63) is 32.6 Å². The largest absolute Gasteiger partial charge is 0.330 e. The molecule has 0 bridgehead atoms. The Morgan fingerprint density at radius 3 is 2.45 bits per heavy atom. The summed E-state index contributed by atoms with van der Waals surface area (Å²) in [5, 5.41) is 3.37. The van der Waals surface area contributed by atoms with Crippen LogP contribution in [0.25, 0.3) is 0 Å². The van der Waals surface area contributed by atoms with Gasteiger partial charge in [0.25, 0.3) is 5.56 Å². The van der Waals surface area contributed by atoms with E-state index >= 15 is 0 Å². The fourth-order valence-electron chi connectivity index (χ4n) is 2.80. The molecule has 0 amide bonds. The first kappa shape index (κ1) is 15.0. The van der Waals surface area contributed by atoms with Gasteiger partial charge in [-0.2, -0.15) is 0 Å². The molecule has 1 fully saturated rings. The Morgan fingerprint density at radius 2 is 1.95 bits per heavy atom. The Hall–Kier alpha value is -1.40. The lowest BCUT2D eigenvalue weighted by molar-refractivity contribution is 0.0597. The van der Waals surface area contributed by atoms with Gasteiger partial charge < -0.3 is 14.8 Å². The number of hydrogen-bond donors (Lipinski definition) is 1. The monoisotopic (exact) mass is 280 g/mol. The Bertz CT molecular complexity index is 596. The van der Waals surface area contributed by atoms with Gasteiger partial charge in [-0.05, 0) is 33.4 Å². The van der Waals surface area contributed by atoms with Crippen molar-refractivity contribution >= 4 is 0 Å². The lowest BCUT2D eigenvalue weighted by Gasteiger charge is -2.47. The van der Waals surface area contributed by atoms with Crippen molar-refractivity contribution in [3.63, 3.8) is 0 Å². The molecule has 112 valence electrons. The van der Waals surface area contributed by atoms with Crippen LogP contribution >= 0.6 is 0 Å². The molecule has 0 radical (unpaired) electrons. The number of aryl methyl sites for hydroxylation is 1. The number of hydrogen-bond acceptors (Lipinski definition) is 4. The third-order valence-corrected chi connectivity index (χ3v) is 4.52. The molecule has 1 heterocycles. The minimum Gasteiger partial charge on any atom is -0.311 e. The van der Waals surface area contributed by atoms with Crippen LogP contribution in [-0.2, 0) is 20.6 Å². The lowest BCUT2D eigenvalue weighted by atomic mass is 9.75. The van der Waals surface area contributed by atoms with Gasteiger partial charge >= 0.3 is 5.69 Å². The maximum Gasteiger partial charge on any atom is 0.330 e. The summed E-state index contributed by atoms with van der Waals surface area (Å²) in [4.78, 5) is 25.9. The Labute approximate surface area is 119 Å². The number of rotatable bonds is 5. The van der Waals surface area contributed by atoms with Crippen molar-refractivity contribution in [3.8, 4) is 0 Å². The summed E-state index contributed by atoms with van der Waals surface area (Å²) < 4.78 is 2.60. The lowest BCUT2D eigenvalue weighted by Crippen LogP contribution is -2.56. The van der Waals surface area contributed by atoms with E-state index in [1.807, 2.05) is 0 Å².